The highest BCUT2D eigenvalue weighted by Gasteiger charge is 1.95. The standard InChI is InChI=1S/C14H9N3O2P2/c15-9-11-1-5-13(6-2-11)18-20-17-21-19-14-7-3-12(10-16)4-8-14/h1-8,20H. The summed E-state index contributed by atoms with van der Waals surface area (Å²) in [5, 5.41) is 17.3. The fourth-order valence-corrected chi connectivity index (χ4v) is 2.26. The summed E-state index contributed by atoms with van der Waals surface area (Å²) in [4.78, 5) is 0. The minimum Gasteiger partial charge on any atom is -0.454 e. The Labute approximate surface area is 125 Å². The van der Waals surface area contributed by atoms with Gasteiger partial charge in [0.15, 0.2) is 0 Å². The molecule has 21 heavy (non-hydrogen) atoms. The molecule has 2 rings (SSSR count). The van der Waals surface area contributed by atoms with Gasteiger partial charge in [0, 0.05) is 0 Å². The molecule has 0 aliphatic rings. The van der Waals surface area contributed by atoms with Gasteiger partial charge in [-0.05, 0) is 48.5 Å². The SMILES string of the molecule is N#Cc1ccc(OP=NPOc2ccc(C#N)cc2)cc1. The predicted octanol–water partition coefficient (Wildman–Crippen LogP) is 4.44. The second-order valence-electron chi connectivity index (χ2n) is 3.74. The van der Waals surface area contributed by atoms with Gasteiger partial charge in [0.05, 0.1) is 23.3 Å². The molecule has 0 saturated carbocycles. The van der Waals surface area contributed by atoms with Crippen molar-refractivity contribution < 1.29 is 9.05 Å². The van der Waals surface area contributed by atoms with Gasteiger partial charge in [-0.1, -0.05) is 0 Å². The van der Waals surface area contributed by atoms with E-state index in [1.165, 1.54) is 0 Å². The Balaban J connectivity index is 1.77. The number of rotatable bonds is 5. The van der Waals surface area contributed by atoms with Crippen molar-refractivity contribution >= 4 is 17.6 Å². The van der Waals surface area contributed by atoms with Crippen LogP contribution in [0.2, 0.25) is 0 Å². The Kier molecular flexibility index (Phi) is 5.68. The molecule has 1 atom stereocenters. The summed E-state index contributed by atoms with van der Waals surface area (Å²) in [6.07, 6.45) is 0. The van der Waals surface area contributed by atoms with Crippen molar-refractivity contribution in [3.8, 4) is 23.6 Å². The molecule has 7 heteroatoms. The highest BCUT2D eigenvalue weighted by molar-refractivity contribution is 7.39. The molecule has 0 amide bonds. The van der Waals surface area contributed by atoms with Crippen molar-refractivity contribution in [3.63, 3.8) is 0 Å². The van der Waals surface area contributed by atoms with E-state index < -0.39 is 0 Å². The monoisotopic (exact) mass is 313 g/mol. The Morgan fingerprint density at radius 3 is 1.90 bits per heavy atom. The van der Waals surface area contributed by atoms with Crippen LogP contribution in [-0.2, 0) is 0 Å². The summed E-state index contributed by atoms with van der Waals surface area (Å²) >= 11 is 0. The third-order valence-corrected chi connectivity index (χ3v) is 3.63. The molecule has 5 nitrogen and oxygen atoms in total. The summed E-state index contributed by atoms with van der Waals surface area (Å²) in [7, 11) is 0.338. The summed E-state index contributed by atoms with van der Waals surface area (Å²) in [6, 6.07) is 17.7. The van der Waals surface area contributed by atoms with Crippen molar-refractivity contribution in [2.45, 2.75) is 0 Å². The first-order valence-corrected chi connectivity index (χ1v) is 7.43. The molecule has 0 aromatic heterocycles. The molecule has 0 bridgehead atoms. The van der Waals surface area contributed by atoms with Crippen LogP contribution in [0, 0.1) is 22.7 Å². The zero-order chi connectivity index (χ0) is 14.9. The van der Waals surface area contributed by atoms with Gasteiger partial charge >= 0.3 is 0 Å². The van der Waals surface area contributed by atoms with Crippen LogP contribution >= 0.6 is 17.6 Å². The van der Waals surface area contributed by atoms with Gasteiger partial charge in [-0.15, -0.1) is 0 Å². The molecule has 0 aliphatic carbocycles. The number of nitrogens with zero attached hydrogens (tertiary/aromatic N) is 3. The molecule has 2 aromatic rings. The van der Waals surface area contributed by atoms with Gasteiger partial charge in [0.1, 0.15) is 11.5 Å². The van der Waals surface area contributed by atoms with Crippen molar-refractivity contribution in [1.82, 2.24) is 0 Å². The van der Waals surface area contributed by atoms with Crippen LogP contribution in [-0.4, -0.2) is 0 Å². The lowest BCUT2D eigenvalue weighted by atomic mass is 10.2. The normalized spacial score (nSPS) is 10.4. The zero-order valence-electron chi connectivity index (χ0n) is 10.7. The molecule has 0 radical (unpaired) electrons. The van der Waals surface area contributed by atoms with Crippen LogP contribution in [0.4, 0.5) is 0 Å². The van der Waals surface area contributed by atoms with E-state index in [9.17, 15) is 0 Å². The first kappa shape index (κ1) is 14.9. The molecule has 2 aromatic carbocycles. The van der Waals surface area contributed by atoms with Gasteiger partial charge in [0.2, 0.25) is 17.6 Å². The van der Waals surface area contributed by atoms with E-state index >= 15 is 0 Å². The summed E-state index contributed by atoms with van der Waals surface area (Å²) in [5.41, 5.74) is 1.17. The lowest BCUT2D eigenvalue weighted by Crippen LogP contribution is -1.78. The predicted molar refractivity (Wildman–Crippen MR) is 81.2 cm³/mol. The number of benzene rings is 2. The number of hydrogen-bond donors (Lipinski definition) is 0. The fraction of sp³-hybridized carbons (Fsp3) is 0. The molecule has 0 heterocycles. The molecular weight excluding hydrogens is 304 g/mol. The van der Waals surface area contributed by atoms with Gasteiger partial charge < -0.3 is 9.05 Å². The Morgan fingerprint density at radius 2 is 1.38 bits per heavy atom. The summed E-state index contributed by atoms with van der Waals surface area (Å²) in [5.74, 6) is 1.30. The first-order valence-electron chi connectivity index (χ1n) is 5.81. The highest BCUT2D eigenvalue weighted by atomic mass is 31.1. The van der Waals surface area contributed by atoms with E-state index in [1.54, 1.807) is 48.5 Å². The summed E-state index contributed by atoms with van der Waals surface area (Å²) in [6.45, 7) is 0. The average molecular weight is 313 g/mol. The molecule has 0 fully saturated rings. The van der Waals surface area contributed by atoms with Crippen molar-refractivity contribution in [2.24, 2.45) is 4.52 Å². The molecule has 0 N–H and O–H groups in total. The number of hydrogen-bond acceptors (Lipinski definition) is 5. The van der Waals surface area contributed by atoms with Gasteiger partial charge in [-0.2, -0.15) is 15.0 Å². The van der Waals surface area contributed by atoms with E-state index in [1.807, 2.05) is 12.1 Å². The lowest BCUT2D eigenvalue weighted by molar-refractivity contribution is 0.626. The van der Waals surface area contributed by atoms with E-state index in [-0.39, 0.29) is 8.96 Å². The van der Waals surface area contributed by atoms with Gasteiger partial charge in [-0.25, -0.2) is 0 Å². The lowest BCUT2D eigenvalue weighted by Gasteiger charge is -2.01. The first-order chi connectivity index (χ1) is 10.3. The van der Waals surface area contributed by atoms with Crippen LogP contribution in [0.1, 0.15) is 11.1 Å². The van der Waals surface area contributed by atoms with Crippen LogP contribution in [0.15, 0.2) is 53.0 Å². The third-order valence-electron chi connectivity index (χ3n) is 2.36. The van der Waals surface area contributed by atoms with Gasteiger partial charge in [0.25, 0.3) is 0 Å². The van der Waals surface area contributed by atoms with Crippen LogP contribution in [0.3, 0.4) is 0 Å². The quantitative estimate of drug-likeness (QED) is 0.764. The van der Waals surface area contributed by atoms with E-state index in [4.69, 9.17) is 19.6 Å². The Hall–Kier alpha value is -2.45. The smallest absolute Gasteiger partial charge is 0.249 e. The molecule has 102 valence electrons. The zero-order valence-corrected chi connectivity index (χ0v) is 12.6. The van der Waals surface area contributed by atoms with Crippen molar-refractivity contribution in [1.29, 1.82) is 10.5 Å². The molecule has 0 spiro atoms. The largest absolute Gasteiger partial charge is 0.454 e. The van der Waals surface area contributed by atoms with E-state index in [0.717, 1.165) is 0 Å². The second-order valence-corrected chi connectivity index (χ2v) is 5.27. The van der Waals surface area contributed by atoms with E-state index in [0.29, 0.717) is 31.2 Å². The summed E-state index contributed by atoms with van der Waals surface area (Å²) < 4.78 is 14.8. The molecular formula is C14H9N3O2P2. The minimum absolute atomic E-state index is 0.0911. The maximum absolute atomic E-state index is 8.67. The average Bonchev–Trinajstić information content (AvgIpc) is 2.55. The van der Waals surface area contributed by atoms with Crippen molar-refractivity contribution in [3.05, 3.63) is 59.7 Å². The van der Waals surface area contributed by atoms with Gasteiger partial charge in [-0.3, -0.25) is 0 Å². The Bertz CT molecular complexity index is 701. The fourth-order valence-electron chi connectivity index (χ4n) is 1.35. The number of nitriles is 2. The Morgan fingerprint density at radius 1 is 0.857 bits per heavy atom. The molecule has 1 unspecified atom stereocenters. The maximum atomic E-state index is 8.67. The van der Waals surface area contributed by atoms with Crippen molar-refractivity contribution in [2.75, 3.05) is 0 Å². The van der Waals surface area contributed by atoms with Crippen LogP contribution < -0.4 is 9.05 Å². The maximum Gasteiger partial charge on any atom is 0.249 e. The van der Waals surface area contributed by atoms with Crippen LogP contribution in [0.25, 0.3) is 0 Å². The third kappa shape index (κ3) is 4.86. The molecule has 0 saturated heterocycles. The van der Waals surface area contributed by atoms with E-state index in [2.05, 4.69) is 4.52 Å². The second kappa shape index (κ2) is 7.98. The van der Waals surface area contributed by atoms with Crippen LogP contribution in [0.5, 0.6) is 11.5 Å². The minimum atomic E-state index is -0.0911. The topological polar surface area (TPSA) is 78.4 Å². The highest BCUT2D eigenvalue weighted by Crippen LogP contribution is 2.26. The molecule has 0 aliphatic heterocycles.